The Morgan fingerprint density at radius 1 is 1.24 bits per heavy atom. The average Bonchev–Trinajstić information content (AvgIpc) is 2.57. The predicted octanol–water partition coefficient (Wildman–Crippen LogP) is 3.46. The van der Waals surface area contributed by atoms with Crippen LogP contribution in [0.5, 0.6) is 5.75 Å². The van der Waals surface area contributed by atoms with E-state index >= 15 is 0 Å². The number of hydrogen-bond donors (Lipinski definition) is 3. The molecular formula is C16H18ClN3O3S2. The van der Waals surface area contributed by atoms with Gasteiger partial charge in [-0.2, -0.15) is 0 Å². The van der Waals surface area contributed by atoms with Crippen molar-refractivity contribution in [2.24, 2.45) is 0 Å². The molecule has 0 saturated carbocycles. The van der Waals surface area contributed by atoms with E-state index in [0.29, 0.717) is 28.8 Å². The normalized spacial score (nSPS) is 10.8. The summed E-state index contributed by atoms with van der Waals surface area (Å²) in [7, 11) is -2.45. The van der Waals surface area contributed by atoms with Crippen molar-refractivity contribution in [3.8, 4) is 5.75 Å². The first-order chi connectivity index (χ1) is 11.9. The van der Waals surface area contributed by atoms with Crippen molar-refractivity contribution in [1.82, 2.24) is 5.32 Å². The van der Waals surface area contributed by atoms with Gasteiger partial charge < -0.3 is 15.4 Å². The lowest BCUT2D eigenvalue weighted by Crippen LogP contribution is -2.28. The van der Waals surface area contributed by atoms with E-state index in [1.165, 1.54) is 19.2 Å². The molecule has 0 aliphatic carbocycles. The zero-order valence-corrected chi connectivity index (χ0v) is 16.1. The van der Waals surface area contributed by atoms with E-state index < -0.39 is 10.0 Å². The first kappa shape index (κ1) is 19.3. The van der Waals surface area contributed by atoms with Gasteiger partial charge in [0.05, 0.1) is 17.8 Å². The van der Waals surface area contributed by atoms with Crippen LogP contribution < -0.4 is 20.1 Å². The van der Waals surface area contributed by atoms with Gasteiger partial charge in [0.2, 0.25) is 0 Å². The highest BCUT2D eigenvalue weighted by atomic mass is 35.5. The Hall–Kier alpha value is -2.03. The van der Waals surface area contributed by atoms with Gasteiger partial charge in [0.15, 0.2) is 5.11 Å². The number of hydrogen-bond acceptors (Lipinski definition) is 4. The molecule has 3 N–H and O–H groups in total. The molecule has 2 aromatic rings. The molecule has 0 saturated heterocycles. The Morgan fingerprint density at radius 2 is 1.96 bits per heavy atom. The first-order valence-corrected chi connectivity index (χ1v) is 9.64. The molecule has 0 aliphatic rings. The Kier molecular flexibility index (Phi) is 6.46. The van der Waals surface area contributed by atoms with Crippen LogP contribution in [-0.4, -0.2) is 27.2 Å². The molecule has 0 spiro atoms. The minimum atomic E-state index is -3.91. The van der Waals surface area contributed by atoms with Crippen LogP contribution in [0.4, 0.5) is 11.4 Å². The maximum Gasteiger partial charge on any atom is 0.263 e. The van der Waals surface area contributed by atoms with Crippen LogP contribution in [0.25, 0.3) is 0 Å². The van der Waals surface area contributed by atoms with E-state index in [4.69, 9.17) is 28.6 Å². The number of ether oxygens (including phenoxy) is 1. The average molecular weight is 400 g/mol. The van der Waals surface area contributed by atoms with Gasteiger partial charge in [-0.1, -0.05) is 23.7 Å². The summed E-state index contributed by atoms with van der Waals surface area (Å²) in [4.78, 5) is -0.0654. The largest absolute Gasteiger partial charge is 0.495 e. The third kappa shape index (κ3) is 4.97. The van der Waals surface area contributed by atoms with Gasteiger partial charge in [-0.05, 0) is 49.5 Å². The predicted molar refractivity (Wildman–Crippen MR) is 105 cm³/mol. The summed E-state index contributed by atoms with van der Waals surface area (Å²) < 4.78 is 33.1. The van der Waals surface area contributed by atoms with Crippen LogP contribution in [0.15, 0.2) is 47.4 Å². The van der Waals surface area contributed by atoms with Crippen LogP contribution in [0, 0.1) is 0 Å². The Balaban J connectivity index is 2.33. The van der Waals surface area contributed by atoms with Gasteiger partial charge in [-0.15, -0.1) is 0 Å². The van der Waals surface area contributed by atoms with Crippen LogP contribution in [0.3, 0.4) is 0 Å². The van der Waals surface area contributed by atoms with E-state index in [0.717, 1.165) is 0 Å². The number of nitrogens with one attached hydrogen (secondary N) is 3. The summed E-state index contributed by atoms with van der Waals surface area (Å²) in [5, 5.41) is 6.33. The summed E-state index contributed by atoms with van der Waals surface area (Å²) >= 11 is 11.2. The maximum atomic E-state index is 12.7. The van der Waals surface area contributed by atoms with Crippen LogP contribution in [-0.2, 0) is 10.0 Å². The molecule has 0 atom stereocenters. The molecule has 25 heavy (non-hydrogen) atoms. The summed E-state index contributed by atoms with van der Waals surface area (Å²) in [6.07, 6.45) is 0. The zero-order chi connectivity index (χ0) is 18.4. The quantitative estimate of drug-likeness (QED) is 0.645. The molecule has 0 heterocycles. The molecule has 2 aromatic carbocycles. The number of benzene rings is 2. The van der Waals surface area contributed by atoms with Gasteiger partial charge >= 0.3 is 0 Å². The number of anilines is 2. The molecule has 0 aliphatic heterocycles. The summed E-state index contributed by atoms with van der Waals surface area (Å²) in [6, 6.07) is 11.3. The smallest absolute Gasteiger partial charge is 0.263 e. The summed E-state index contributed by atoms with van der Waals surface area (Å²) in [5.74, 6) is 0.407. The standard InChI is InChI=1S/C16H18ClN3O3S2/c1-3-18-16(24)19-11-8-9-12(17)15(10-11)25(21,22)20-13-6-4-5-7-14(13)23-2/h4-10,20H,3H2,1-2H3,(H2,18,19,24). The van der Waals surface area contributed by atoms with E-state index in [9.17, 15) is 8.42 Å². The number of thiocarbonyl (C=S) groups is 1. The molecule has 0 fully saturated rings. The molecule has 0 radical (unpaired) electrons. The Labute approximate surface area is 157 Å². The van der Waals surface area contributed by atoms with Gasteiger partial charge in [0, 0.05) is 12.2 Å². The number of rotatable bonds is 6. The first-order valence-electron chi connectivity index (χ1n) is 7.37. The topological polar surface area (TPSA) is 79.5 Å². The van der Waals surface area contributed by atoms with Gasteiger partial charge in [0.1, 0.15) is 10.6 Å². The molecule has 9 heteroatoms. The summed E-state index contributed by atoms with van der Waals surface area (Å²) in [5.41, 5.74) is 0.832. The molecule has 134 valence electrons. The summed E-state index contributed by atoms with van der Waals surface area (Å²) in [6.45, 7) is 2.56. The molecule has 0 amide bonds. The second-order valence-corrected chi connectivity index (χ2v) is 7.40. The lowest BCUT2D eigenvalue weighted by Gasteiger charge is -2.14. The minimum absolute atomic E-state index is 0.0654. The number of methoxy groups -OCH3 is 1. The third-order valence-corrected chi connectivity index (χ3v) is 5.26. The molecule has 2 rings (SSSR count). The van der Waals surface area contributed by atoms with Crippen molar-refractivity contribution >= 4 is 50.3 Å². The van der Waals surface area contributed by atoms with E-state index in [1.807, 2.05) is 6.92 Å². The minimum Gasteiger partial charge on any atom is -0.495 e. The highest BCUT2D eigenvalue weighted by molar-refractivity contribution is 7.92. The van der Waals surface area contributed by atoms with Crippen molar-refractivity contribution in [1.29, 1.82) is 0 Å². The van der Waals surface area contributed by atoms with Crippen molar-refractivity contribution in [3.63, 3.8) is 0 Å². The van der Waals surface area contributed by atoms with E-state index in [2.05, 4.69) is 15.4 Å². The van der Waals surface area contributed by atoms with Gasteiger partial charge in [-0.3, -0.25) is 4.72 Å². The van der Waals surface area contributed by atoms with E-state index in [1.54, 1.807) is 30.3 Å². The molecule has 0 bridgehead atoms. The van der Waals surface area contributed by atoms with E-state index in [-0.39, 0.29) is 9.92 Å². The fourth-order valence-corrected chi connectivity index (χ4v) is 3.91. The number of sulfonamides is 1. The molecule has 6 nitrogen and oxygen atoms in total. The number of para-hydroxylation sites is 2. The Morgan fingerprint density at radius 3 is 2.64 bits per heavy atom. The van der Waals surface area contributed by atoms with Gasteiger partial charge in [0.25, 0.3) is 10.0 Å². The van der Waals surface area contributed by atoms with Gasteiger partial charge in [-0.25, -0.2) is 8.42 Å². The lowest BCUT2D eigenvalue weighted by molar-refractivity contribution is 0.417. The molecule has 0 aromatic heterocycles. The lowest BCUT2D eigenvalue weighted by atomic mass is 10.3. The Bertz CT molecular complexity index is 873. The second-order valence-electron chi connectivity index (χ2n) is 4.94. The zero-order valence-electron chi connectivity index (χ0n) is 13.7. The second kappa shape index (κ2) is 8.37. The highest BCUT2D eigenvalue weighted by Crippen LogP contribution is 2.30. The van der Waals surface area contributed by atoms with Crippen LogP contribution in [0.2, 0.25) is 5.02 Å². The van der Waals surface area contributed by atoms with Crippen LogP contribution in [0.1, 0.15) is 6.92 Å². The van der Waals surface area contributed by atoms with Crippen LogP contribution >= 0.6 is 23.8 Å². The number of halogens is 1. The molecule has 0 unspecified atom stereocenters. The maximum absolute atomic E-state index is 12.7. The van der Waals surface area contributed by atoms with Crippen molar-refractivity contribution in [2.45, 2.75) is 11.8 Å². The third-order valence-electron chi connectivity index (χ3n) is 3.17. The van der Waals surface area contributed by atoms with Crippen molar-refractivity contribution < 1.29 is 13.2 Å². The van der Waals surface area contributed by atoms with Crippen molar-refractivity contribution in [2.75, 3.05) is 23.7 Å². The fourth-order valence-electron chi connectivity index (χ4n) is 2.05. The highest BCUT2D eigenvalue weighted by Gasteiger charge is 2.20. The fraction of sp³-hybridized carbons (Fsp3) is 0.188. The van der Waals surface area contributed by atoms with Crippen molar-refractivity contribution in [3.05, 3.63) is 47.5 Å². The SMILES string of the molecule is CCNC(=S)Nc1ccc(Cl)c(S(=O)(=O)Nc2ccccc2OC)c1. The molecular weight excluding hydrogens is 382 g/mol. The monoisotopic (exact) mass is 399 g/mol.